The van der Waals surface area contributed by atoms with E-state index >= 15 is 0 Å². The summed E-state index contributed by atoms with van der Waals surface area (Å²) < 4.78 is 3.03. The molecule has 0 saturated carbocycles. The van der Waals surface area contributed by atoms with Crippen LogP contribution in [0, 0.1) is 4.77 Å². The molecular weight excluding hydrogens is 218 g/mol. The average Bonchev–Trinajstić information content (AvgIpc) is 2.61. The van der Waals surface area contributed by atoms with Gasteiger partial charge in [-0.1, -0.05) is 20.8 Å². The molecule has 0 atom stereocenters. The quantitative estimate of drug-likeness (QED) is 0.762. The van der Waals surface area contributed by atoms with E-state index in [1.54, 1.807) is 0 Å². The summed E-state index contributed by atoms with van der Waals surface area (Å²) in [6.45, 7) is 8.92. The Kier molecular flexibility index (Phi) is 3.10. The monoisotopic (exact) mass is 239 g/mol. The van der Waals surface area contributed by atoms with Gasteiger partial charge < -0.3 is 9.99 Å². The van der Waals surface area contributed by atoms with Crippen molar-refractivity contribution in [1.29, 1.82) is 0 Å². The van der Waals surface area contributed by atoms with Crippen molar-refractivity contribution in [3.05, 3.63) is 16.7 Å². The van der Waals surface area contributed by atoms with Crippen LogP contribution in [-0.4, -0.2) is 22.7 Å². The van der Waals surface area contributed by atoms with Crippen molar-refractivity contribution in [2.45, 2.75) is 45.4 Å². The Labute approximate surface area is 102 Å². The Morgan fingerprint density at radius 3 is 2.38 bits per heavy atom. The zero-order chi connectivity index (χ0) is 11.8. The molecule has 1 aromatic rings. The maximum absolute atomic E-state index is 5.39. The third kappa shape index (κ3) is 2.17. The summed E-state index contributed by atoms with van der Waals surface area (Å²) in [4.78, 5) is 3.18. The van der Waals surface area contributed by atoms with Crippen molar-refractivity contribution in [3.63, 3.8) is 0 Å². The maximum Gasteiger partial charge on any atom is 0.196 e. The minimum Gasteiger partial charge on any atom is -0.336 e. The predicted octanol–water partition coefficient (Wildman–Crippen LogP) is 2.97. The minimum atomic E-state index is 0.130. The fourth-order valence-electron chi connectivity index (χ4n) is 2.25. The number of imidazole rings is 1. The SMILES string of the molecule is CC(C)(C)c1c[nH]c(=S)n1N1CCCCC1. The van der Waals surface area contributed by atoms with E-state index < -0.39 is 0 Å². The largest absolute Gasteiger partial charge is 0.336 e. The molecule has 1 aromatic heterocycles. The van der Waals surface area contributed by atoms with Crippen molar-refractivity contribution in [1.82, 2.24) is 9.66 Å². The zero-order valence-electron chi connectivity index (χ0n) is 10.4. The Morgan fingerprint density at radius 1 is 1.19 bits per heavy atom. The van der Waals surface area contributed by atoms with Crippen LogP contribution in [0.25, 0.3) is 0 Å². The van der Waals surface area contributed by atoms with Gasteiger partial charge in [-0.2, -0.15) is 0 Å². The van der Waals surface area contributed by atoms with Gasteiger partial charge in [-0.15, -0.1) is 0 Å². The van der Waals surface area contributed by atoms with Gasteiger partial charge in [0.1, 0.15) is 0 Å². The number of piperidine rings is 1. The number of H-pyrrole nitrogens is 1. The Bertz CT molecular complexity index is 405. The van der Waals surface area contributed by atoms with Crippen LogP contribution in [0.4, 0.5) is 0 Å². The molecule has 3 nitrogen and oxygen atoms in total. The van der Waals surface area contributed by atoms with Gasteiger partial charge >= 0.3 is 0 Å². The topological polar surface area (TPSA) is 24.0 Å². The highest BCUT2D eigenvalue weighted by molar-refractivity contribution is 7.71. The van der Waals surface area contributed by atoms with Crippen LogP contribution < -0.4 is 5.01 Å². The molecule has 0 unspecified atom stereocenters. The van der Waals surface area contributed by atoms with Gasteiger partial charge in [0.05, 0.1) is 5.69 Å². The van der Waals surface area contributed by atoms with Crippen molar-refractivity contribution in [2.24, 2.45) is 0 Å². The lowest BCUT2D eigenvalue weighted by atomic mass is 9.93. The molecule has 0 radical (unpaired) electrons. The summed E-state index contributed by atoms with van der Waals surface area (Å²) >= 11 is 5.39. The smallest absolute Gasteiger partial charge is 0.196 e. The molecule has 2 heterocycles. The van der Waals surface area contributed by atoms with Gasteiger partial charge in [0.25, 0.3) is 0 Å². The lowest BCUT2D eigenvalue weighted by Crippen LogP contribution is -2.41. The summed E-state index contributed by atoms with van der Waals surface area (Å²) in [6.07, 6.45) is 5.95. The van der Waals surface area contributed by atoms with E-state index in [0.717, 1.165) is 17.9 Å². The van der Waals surface area contributed by atoms with Gasteiger partial charge in [0, 0.05) is 24.7 Å². The van der Waals surface area contributed by atoms with Crippen LogP contribution >= 0.6 is 12.2 Å². The first-order chi connectivity index (χ1) is 7.50. The first kappa shape index (κ1) is 11.7. The molecule has 1 N–H and O–H groups in total. The molecule has 16 heavy (non-hydrogen) atoms. The van der Waals surface area contributed by atoms with Crippen LogP contribution in [0.15, 0.2) is 6.20 Å². The fourth-order valence-corrected chi connectivity index (χ4v) is 2.53. The third-order valence-electron chi connectivity index (χ3n) is 3.14. The summed E-state index contributed by atoms with van der Waals surface area (Å²) in [5.41, 5.74) is 1.41. The molecule has 0 amide bonds. The fraction of sp³-hybridized carbons (Fsp3) is 0.750. The highest BCUT2D eigenvalue weighted by Crippen LogP contribution is 2.23. The molecule has 1 aliphatic rings. The predicted molar refractivity (Wildman–Crippen MR) is 70.1 cm³/mol. The summed E-state index contributed by atoms with van der Waals surface area (Å²) in [5, 5.41) is 2.38. The molecule has 4 heteroatoms. The van der Waals surface area contributed by atoms with Crippen LogP contribution in [0.3, 0.4) is 0 Å². The van der Waals surface area contributed by atoms with E-state index in [9.17, 15) is 0 Å². The van der Waals surface area contributed by atoms with E-state index in [0.29, 0.717) is 0 Å². The Hall–Kier alpha value is -0.770. The normalized spacial score (nSPS) is 17.8. The highest BCUT2D eigenvalue weighted by Gasteiger charge is 2.23. The van der Waals surface area contributed by atoms with Crippen molar-refractivity contribution >= 4 is 12.2 Å². The van der Waals surface area contributed by atoms with E-state index in [-0.39, 0.29) is 5.41 Å². The van der Waals surface area contributed by atoms with Gasteiger partial charge in [-0.25, -0.2) is 4.68 Å². The van der Waals surface area contributed by atoms with Gasteiger partial charge in [0.2, 0.25) is 0 Å². The first-order valence-electron chi connectivity index (χ1n) is 6.06. The van der Waals surface area contributed by atoms with Crippen molar-refractivity contribution < 1.29 is 0 Å². The molecule has 0 bridgehead atoms. The minimum absolute atomic E-state index is 0.130. The second kappa shape index (κ2) is 4.24. The molecule has 1 aliphatic heterocycles. The second-order valence-corrected chi connectivity index (χ2v) is 5.94. The lowest BCUT2D eigenvalue weighted by Gasteiger charge is -2.33. The molecule has 1 fully saturated rings. The number of hydrogen-bond acceptors (Lipinski definition) is 2. The van der Waals surface area contributed by atoms with Crippen molar-refractivity contribution in [3.8, 4) is 0 Å². The Balaban J connectivity index is 2.38. The summed E-state index contributed by atoms with van der Waals surface area (Å²) in [5.74, 6) is 0. The molecule has 0 spiro atoms. The van der Waals surface area contributed by atoms with Gasteiger partial charge in [-0.3, -0.25) is 0 Å². The maximum atomic E-state index is 5.39. The summed E-state index contributed by atoms with van der Waals surface area (Å²) in [7, 11) is 0. The van der Waals surface area contributed by atoms with E-state index in [2.05, 4.69) is 41.6 Å². The summed E-state index contributed by atoms with van der Waals surface area (Å²) in [6, 6.07) is 0. The molecule has 0 aromatic carbocycles. The molecular formula is C12H21N3S. The number of nitrogens with one attached hydrogen (secondary N) is 1. The van der Waals surface area contributed by atoms with E-state index in [1.807, 2.05) is 0 Å². The van der Waals surface area contributed by atoms with Crippen LogP contribution in [0.1, 0.15) is 45.7 Å². The average molecular weight is 239 g/mol. The number of hydrogen-bond donors (Lipinski definition) is 1. The number of aromatic amines is 1. The highest BCUT2D eigenvalue weighted by atomic mass is 32.1. The Morgan fingerprint density at radius 2 is 1.81 bits per heavy atom. The van der Waals surface area contributed by atoms with E-state index in [4.69, 9.17) is 12.2 Å². The lowest BCUT2D eigenvalue weighted by molar-refractivity contribution is 0.436. The molecule has 2 rings (SSSR count). The van der Waals surface area contributed by atoms with E-state index in [1.165, 1.54) is 25.0 Å². The number of rotatable bonds is 1. The van der Waals surface area contributed by atoms with Crippen LogP contribution in [-0.2, 0) is 5.41 Å². The van der Waals surface area contributed by atoms with Gasteiger partial charge in [-0.05, 0) is 31.5 Å². The molecule has 90 valence electrons. The van der Waals surface area contributed by atoms with Crippen LogP contribution in [0.2, 0.25) is 0 Å². The van der Waals surface area contributed by atoms with Crippen molar-refractivity contribution in [2.75, 3.05) is 18.1 Å². The number of aromatic nitrogens is 2. The molecule has 0 aliphatic carbocycles. The number of nitrogens with zero attached hydrogens (tertiary/aromatic N) is 2. The first-order valence-corrected chi connectivity index (χ1v) is 6.47. The zero-order valence-corrected chi connectivity index (χ0v) is 11.2. The molecule has 1 saturated heterocycles. The standard InChI is InChI=1S/C12H21N3S/c1-12(2,3)10-9-13-11(16)15(10)14-7-5-4-6-8-14/h9H,4-8H2,1-3H3,(H,13,16). The second-order valence-electron chi connectivity index (χ2n) is 5.56. The van der Waals surface area contributed by atoms with Crippen LogP contribution in [0.5, 0.6) is 0 Å². The third-order valence-corrected chi connectivity index (χ3v) is 3.43. The van der Waals surface area contributed by atoms with Gasteiger partial charge in [0.15, 0.2) is 4.77 Å².